The summed E-state index contributed by atoms with van der Waals surface area (Å²) in [6.45, 7) is 3.04. The van der Waals surface area contributed by atoms with Crippen LogP contribution in [0.5, 0.6) is 11.8 Å². The van der Waals surface area contributed by atoms with Gasteiger partial charge in [0.15, 0.2) is 11.6 Å². The molecule has 0 radical (unpaired) electrons. The summed E-state index contributed by atoms with van der Waals surface area (Å²) in [7, 11) is 1.61. The van der Waals surface area contributed by atoms with Crippen molar-refractivity contribution >= 4 is 5.82 Å². The maximum Gasteiger partial charge on any atom is 0.318 e. The lowest BCUT2D eigenvalue weighted by Crippen LogP contribution is -2.07. The van der Waals surface area contributed by atoms with Gasteiger partial charge in [0.25, 0.3) is 0 Å². The third-order valence-corrected chi connectivity index (χ3v) is 3.07. The number of aromatic nitrogens is 2. The number of ether oxygens (including phenoxy) is 2. The lowest BCUT2D eigenvalue weighted by Gasteiger charge is -2.09. The zero-order valence-electron chi connectivity index (χ0n) is 12.8. The van der Waals surface area contributed by atoms with Gasteiger partial charge in [0, 0.05) is 6.54 Å². The van der Waals surface area contributed by atoms with E-state index in [0.29, 0.717) is 13.2 Å². The van der Waals surface area contributed by atoms with Gasteiger partial charge in [-0.2, -0.15) is 4.98 Å². The Labute approximate surface area is 129 Å². The second kappa shape index (κ2) is 8.17. The number of anilines is 1. The normalized spacial score (nSPS) is 10.3. The van der Waals surface area contributed by atoms with Crippen molar-refractivity contribution in [2.45, 2.75) is 26.3 Å². The van der Waals surface area contributed by atoms with Crippen LogP contribution in [0.2, 0.25) is 0 Å². The number of rotatable bonds is 8. The summed E-state index contributed by atoms with van der Waals surface area (Å²) in [6, 6.07) is 7.71. The van der Waals surface area contributed by atoms with Crippen LogP contribution in [0, 0.1) is 5.82 Å². The van der Waals surface area contributed by atoms with Crippen LogP contribution in [0.15, 0.2) is 30.5 Å². The molecule has 6 heteroatoms. The molecule has 2 aromatic rings. The Balaban J connectivity index is 1.96. The highest BCUT2D eigenvalue weighted by molar-refractivity contribution is 5.38. The fraction of sp³-hybridized carbons (Fsp3) is 0.375. The van der Waals surface area contributed by atoms with Crippen molar-refractivity contribution in [2.24, 2.45) is 0 Å². The molecular weight excluding hydrogens is 285 g/mol. The number of hydrogen-bond donors (Lipinski definition) is 1. The minimum Gasteiger partial charge on any atom is -0.497 e. The largest absolute Gasteiger partial charge is 0.497 e. The maximum atomic E-state index is 13.7. The third kappa shape index (κ3) is 4.58. The number of nitrogens with one attached hydrogen (secondary N) is 1. The van der Waals surface area contributed by atoms with Crippen LogP contribution >= 0.6 is 0 Å². The van der Waals surface area contributed by atoms with E-state index >= 15 is 0 Å². The number of benzene rings is 1. The molecule has 0 aliphatic rings. The van der Waals surface area contributed by atoms with Gasteiger partial charge in [-0.15, -0.1) is 0 Å². The topological polar surface area (TPSA) is 56.3 Å². The molecule has 0 saturated carbocycles. The zero-order valence-corrected chi connectivity index (χ0v) is 12.8. The van der Waals surface area contributed by atoms with Crippen LogP contribution in [0.3, 0.4) is 0 Å². The van der Waals surface area contributed by atoms with Crippen LogP contribution in [0.25, 0.3) is 0 Å². The van der Waals surface area contributed by atoms with Crippen molar-refractivity contribution in [3.63, 3.8) is 0 Å². The minimum atomic E-state index is -0.503. The predicted molar refractivity (Wildman–Crippen MR) is 82.7 cm³/mol. The smallest absolute Gasteiger partial charge is 0.318 e. The summed E-state index contributed by atoms with van der Waals surface area (Å²) < 4.78 is 24.2. The average molecular weight is 305 g/mol. The first-order chi connectivity index (χ1) is 10.7. The molecule has 0 atom stereocenters. The highest BCUT2D eigenvalue weighted by atomic mass is 19.1. The SMILES string of the molecule is CCCCOc1ncc(F)c(NCc2ccc(OC)cc2)n1. The fourth-order valence-corrected chi connectivity index (χ4v) is 1.78. The molecule has 0 aliphatic heterocycles. The van der Waals surface area contributed by atoms with E-state index in [1.807, 2.05) is 24.3 Å². The van der Waals surface area contributed by atoms with Gasteiger partial charge in [-0.25, -0.2) is 9.37 Å². The Hall–Kier alpha value is -2.37. The molecular formula is C16H20FN3O2. The summed E-state index contributed by atoms with van der Waals surface area (Å²) in [5.41, 5.74) is 0.993. The summed E-state index contributed by atoms with van der Waals surface area (Å²) in [5.74, 6) is 0.414. The Kier molecular flexibility index (Phi) is 5.94. The molecule has 0 unspecified atom stereocenters. The first-order valence-corrected chi connectivity index (χ1v) is 7.25. The van der Waals surface area contributed by atoms with Crippen molar-refractivity contribution in [2.75, 3.05) is 19.0 Å². The molecule has 1 aromatic carbocycles. The summed E-state index contributed by atoms with van der Waals surface area (Å²) >= 11 is 0. The summed E-state index contributed by atoms with van der Waals surface area (Å²) in [5, 5.41) is 2.95. The number of methoxy groups -OCH3 is 1. The van der Waals surface area contributed by atoms with Crippen molar-refractivity contribution in [3.05, 3.63) is 41.8 Å². The van der Waals surface area contributed by atoms with E-state index < -0.39 is 5.82 Å². The van der Waals surface area contributed by atoms with Gasteiger partial charge in [-0.1, -0.05) is 25.5 Å². The molecule has 1 aromatic heterocycles. The molecule has 1 heterocycles. The third-order valence-electron chi connectivity index (χ3n) is 3.07. The van der Waals surface area contributed by atoms with E-state index in [2.05, 4.69) is 22.2 Å². The Bertz CT molecular complexity index is 590. The van der Waals surface area contributed by atoms with Gasteiger partial charge < -0.3 is 14.8 Å². The second-order valence-corrected chi connectivity index (χ2v) is 4.75. The summed E-state index contributed by atoms with van der Waals surface area (Å²) in [6.07, 6.45) is 3.05. The number of nitrogens with zero attached hydrogens (tertiary/aromatic N) is 2. The quantitative estimate of drug-likeness (QED) is 0.757. The van der Waals surface area contributed by atoms with Gasteiger partial charge in [-0.05, 0) is 24.1 Å². The lowest BCUT2D eigenvalue weighted by atomic mass is 10.2. The van der Waals surface area contributed by atoms with Crippen LogP contribution in [0.1, 0.15) is 25.3 Å². The average Bonchev–Trinajstić information content (AvgIpc) is 2.56. The van der Waals surface area contributed by atoms with E-state index in [4.69, 9.17) is 9.47 Å². The van der Waals surface area contributed by atoms with E-state index in [1.165, 1.54) is 0 Å². The monoisotopic (exact) mass is 305 g/mol. The highest BCUT2D eigenvalue weighted by Crippen LogP contribution is 2.16. The van der Waals surface area contributed by atoms with Crippen molar-refractivity contribution < 1.29 is 13.9 Å². The van der Waals surface area contributed by atoms with E-state index in [9.17, 15) is 4.39 Å². The van der Waals surface area contributed by atoms with Crippen LogP contribution < -0.4 is 14.8 Å². The van der Waals surface area contributed by atoms with Gasteiger partial charge in [0.1, 0.15) is 5.75 Å². The number of unbranched alkanes of at least 4 members (excludes halogenated alkanes) is 1. The Morgan fingerprint density at radius 1 is 1.23 bits per heavy atom. The lowest BCUT2D eigenvalue weighted by molar-refractivity contribution is 0.284. The molecule has 118 valence electrons. The molecule has 0 saturated heterocycles. The van der Waals surface area contributed by atoms with Crippen LogP contribution in [0.4, 0.5) is 10.2 Å². The molecule has 5 nitrogen and oxygen atoms in total. The molecule has 0 aliphatic carbocycles. The first kappa shape index (κ1) is 16.0. The van der Waals surface area contributed by atoms with Crippen molar-refractivity contribution in [1.29, 1.82) is 0 Å². The molecule has 2 rings (SSSR count). The summed E-state index contributed by atoms with van der Waals surface area (Å²) in [4.78, 5) is 7.87. The number of hydrogen-bond acceptors (Lipinski definition) is 5. The molecule has 0 bridgehead atoms. The van der Waals surface area contributed by atoms with Gasteiger partial charge in [-0.3, -0.25) is 0 Å². The van der Waals surface area contributed by atoms with E-state index in [1.54, 1.807) is 7.11 Å². The highest BCUT2D eigenvalue weighted by Gasteiger charge is 2.07. The maximum absolute atomic E-state index is 13.7. The standard InChI is InChI=1S/C16H20FN3O2/c1-3-4-9-22-16-19-11-14(17)15(20-16)18-10-12-5-7-13(21-2)8-6-12/h5-8,11H,3-4,9-10H2,1-2H3,(H,18,19,20). The zero-order chi connectivity index (χ0) is 15.8. The van der Waals surface area contributed by atoms with Gasteiger partial charge >= 0.3 is 6.01 Å². The first-order valence-electron chi connectivity index (χ1n) is 7.25. The Morgan fingerprint density at radius 3 is 2.68 bits per heavy atom. The van der Waals surface area contributed by atoms with Crippen LogP contribution in [-0.2, 0) is 6.54 Å². The van der Waals surface area contributed by atoms with Crippen molar-refractivity contribution in [1.82, 2.24) is 9.97 Å². The van der Waals surface area contributed by atoms with E-state index in [-0.39, 0.29) is 11.8 Å². The Morgan fingerprint density at radius 2 is 2.00 bits per heavy atom. The molecule has 1 N–H and O–H groups in total. The minimum absolute atomic E-state index is 0.136. The van der Waals surface area contributed by atoms with E-state index in [0.717, 1.165) is 30.4 Å². The second-order valence-electron chi connectivity index (χ2n) is 4.75. The molecule has 0 spiro atoms. The fourth-order valence-electron chi connectivity index (χ4n) is 1.78. The van der Waals surface area contributed by atoms with Crippen molar-refractivity contribution in [3.8, 4) is 11.8 Å². The molecule has 0 amide bonds. The van der Waals surface area contributed by atoms with Crippen LogP contribution in [-0.4, -0.2) is 23.7 Å². The van der Waals surface area contributed by atoms with Gasteiger partial charge in [0.2, 0.25) is 0 Å². The molecule has 0 fully saturated rings. The number of halogens is 1. The predicted octanol–water partition coefficient (Wildman–Crippen LogP) is 3.42. The van der Waals surface area contributed by atoms with Gasteiger partial charge in [0.05, 0.1) is 19.9 Å². The molecule has 22 heavy (non-hydrogen) atoms.